The van der Waals surface area contributed by atoms with E-state index in [-0.39, 0.29) is 18.6 Å². The Hall–Kier alpha value is -3.76. The zero-order valence-electron chi connectivity index (χ0n) is 16.7. The molecule has 1 atom stereocenters. The van der Waals surface area contributed by atoms with Crippen LogP contribution in [0.15, 0.2) is 37.1 Å². The summed E-state index contributed by atoms with van der Waals surface area (Å²) in [5, 5.41) is 11.7. The molecule has 1 amide bonds. The van der Waals surface area contributed by atoms with Gasteiger partial charge in [-0.15, -0.1) is 0 Å². The van der Waals surface area contributed by atoms with Gasteiger partial charge in [0.15, 0.2) is 6.61 Å². The number of hydrogen-bond donors (Lipinski definition) is 1. The van der Waals surface area contributed by atoms with Crippen LogP contribution in [0.3, 0.4) is 0 Å². The maximum absolute atomic E-state index is 12.1. The third-order valence-corrected chi connectivity index (χ3v) is 4.80. The number of aromatic nitrogens is 6. The van der Waals surface area contributed by atoms with Gasteiger partial charge in [-0.25, -0.2) is 9.97 Å². The van der Waals surface area contributed by atoms with Crippen molar-refractivity contribution in [3.63, 3.8) is 0 Å². The highest BCUT2D eigenvalue weighted by atomic mass is 16.5. The van der Waals surface area contributed by atoms with Gasteiger partial charge >= 0.3 is 5.97 Å². The van der Waals surface area contributed by atoms with Gasteiger partial charge in [-0.05, 0) is 12.5 Å². The molecule has 3 aromatic heterocycles. The summed E-state index contributed by atoms with van der Waals surface area (Å²) >= 11 is 0. The van der Waals surface area contributed by atoms with Crippen molar-refractivity contribution in [1.82, 2.24) is 34.4 Å². The second-order valence-electron chi connectivity index (χ2n) is 7.06. The Morgan fingerprint density at radius 3 is 2.90 bits per heavy atom. The molecule has 0 bridgehead atoms. The van der Waals surface area contributed by atoms with Gasteiger partial charge < -0.3 is 15.0 Å². The smallest absolute Gasteiger partial charge is 0.303 e. The highest BCUT2D eigenvalue weighted by molar-refractivity contribution is 5.80. The number of ether oxygens (including phenoxy) is 1. The molecule has 1 saturated heterocycles. The lowest BCUT2D eigenvalue weighted by Gasteiger charge is -2.16. The Bertz CT molecular complexity index is 1060. The second-order valence-corrected chi connectivity index (χ2v) is 7.06. The van der Waals surface area contributed by atoms with Gasteiger partial charge in [-0.1, -0.05) is 0 Å². The molecular formula is C19H22N8O3. The molecule has 4 heterocycles. The number of carbonyl (C=O) groups excluding carboxylic acids is 2. The van der Waals surface area contributed by atoms with Crippen LogP contribution in [0.25, 0.3) is 11.3 Å². The Labute approximate surface area is 172 Å². The fourth-order valence-electron chi connectivity index (χ4n) is 3.30. The van der Waals surface area contributed by atoms with E-state index in [9.17, 15) is 9.59 Å². The van der Waals surface area contributed by atoms with E-state index in [0.717, 1.165) is 23.4 Å². The lowest BCUT2D eigenvalue weighted by atomic mass is 10.2. The lowest BCUT2D eigenvalue weighted by Crippen LogP contribution is -2.32. The molecule has 11 heteroatoms. The first-order valence-electron chi connectivity index (χ1n) is 9.52. The molecule has 0 radical (unpaired) electrons. The van der Waals surface area contributed by atoms with E-state index in [1.807, 2.05) is 30.2 Å². The van der Waals surface area contributed by atoms with Crippen molar-refractivity contribution < 1.29 is 14.3 Å². The Morgan fingerprint density at radius 1 is 1.27 bits per heavy atom. The van der Waals surface area contributed by atoms with E-state index in [0.29, 0.717) is 19.0 Å². The number of esters is 1. The van der Waals surface area contributed by atoms with Crippen LogP contribution >= 0.6 is 0 Å². The number of nitrogens with one attached hydrogen (secondary N) is 1. The van der Waals surface area contributed by atoms with Crippen LogP contribution in [0.5, 0.6) is 0 Å². The van der Waals surface area contributed by atoms with Crippen LogP contribution in [0.1, 0.15) is 19.4 Å². The highest BCUT2D eigenvalue weighted by Gasteiger charge is 2.28. The van der Waals surface area contributed by atoms with Crippen LogP contribution in [0.4, 0.5) is 11.6 Å². The van der Waals surface area contributed by atoms with E-state index >= 15 is 0 Å². The van der Waals surface area contributed by atoms with E-state index in [1.165, 1.54) is 6.92 Å². The first kappa shape index (κ1) is 19.6. The highest BCUT2D eigenvalue weighted by Crippen LogP contribution is 2.25. The molecule has 3 aromatic rings. The number of hydrogen-bond acceptors (Lipinski definition) is 8. The summed E-state index contributed by atoms with van der Waals surface area (Å²) in [6.45, 7) is 2.20. The van der Waals surface area contributed by atoms with E-state index < -0.39 is 5.97 Å². The number of likely N-dealkylation sites (tertiary alicyclic amines) is 1. The van der Waals surface area contributed by atoms with Crippen molar-refractivity contribution in [3.8, 4) is 11.3 Å². The van der Waals surface area contributed by atoms with Gasteiger partial charge in [-0.2, -0.15) is 10.2 Å². The predicted molar refractivity (Wildman–Crippen MR) is 107 cm³/mol. The predicted octanol–water partition coefficient (Wildman–Crippen LogP) is 1.15. The summed E-state index contributed by atoms with van der Waals surface area (Å²) in [6, 6.07) is 1.88. The zero-order valence-corrected chi connectivity index (χ0v) is 16.7. The number of anilines is 2. The van der Waals surface area contributed by atoms with Gasteiger partial charge in [-0.3, -0.25) is 19.0 Å². The van der Waals surface area contributed by atoms with Gasteiger partial charge in [0.05, 0.1) is 29.8 Å². The molecular weight excluding hydrogens is 388 g/mol. The Balaban J connectivity index is 1.41. The number of rotatable bonds is 6. The Kier molecular flexibility index (Phi) is 5.42. The topological polar surface area (TPSA) is 120 Å². The first-order chi connectivity index (χ1) is 14.5. The monoisotopic (exact) mass is 410 g/mol. The standard InChI is InChI=1S/C19H22N8O3/c1-13(28)30-12-18(29)26-6-4-16(11-26)27-9-14(7-22-27)17-3-5-20-19(24-17)23-15-8-21-25(2)10-15/h3,5,7-10,16H,4,6,11-12H2,1-2H3,(H,20,23,24). The number of amides is 1. The van der Waals surface area contributed by atoms with E-state index in [1.54, 1.807) is 28.2 Å². The summed E-state index contributed by atoms with van der Waals surface area (Å²) in [5.41, 5.74) is 2.40. The molecule has 1 fully saturated rings. The number of nitrogens with zero attached hydrogens (tertiary/aromatic N) is 7. The number of aryl methyl sites for hydroxylation is 1. The molecule has 1 aliphatic heterocycles. The molecule has 0 aromatic carbocycles. The van der Waals surface area contributed by atoms with Crippen LogP contribution in [-0.4, -0.2) is 66.0 Å². The van der Waals surface area contributed by atoms with Crippen molar-refractivity contribution in [2.24, 2.45) is 7.05 Å². The molecule has 1 aliphatic rings. The molecule has 4 rings (SSSR count). The molecule has 1 N–H and O–H groups in total. The molecule has 1 unspecified atom stereocenters. The summed E-state index contributed by atoms with van der Waals surface area (Å²) in [7, 11) is 1.84. The molecule has 0 saturated carbocycles. The minimum Gasteiger partial charge on any atom is -0.456 e. The van der Waals surface area contributed by atoms with Crippen molar-refractivity contribution in [2.75, 3.05) is 25.0 Å². The van der Waals surface area contributed by atoms with Crippen LogP contribution in [-0.2, 0) is 21.4 Å². The van der Waals surface area contributed by atoms with Crippen LogP contribution < -0.4 is 5.32 Å². The maximum atomic E-state index is 12.1. The third kappa shape index (κ3) is 4.45. The minimum atomic E-state index is -0.460. The summed E-state index contributed by atoms with van der Waals surface area (Å²) < 4.78 is 8.34. The fourth-order valence-corrected chi connectivity index (χ4v) is 3.30. The average molecular weight is 410 g/mol. The van der Waals surface area contributed by atoms with Gasteiger partial charge in [0.1, 0.15) is 0 Å². The van der Waals surface area contributed by atoms with Gasteiger partial charge in [0.25, 0.3) is 5.91 Å². The summed E-state index contributed by atoms with van der Waals surface area (Å²) in [5.74, 6) is -0.184. The lowest BCUT2D eigenvalue weighted by molar-refractivity contribution is -0.149. The SMILES string of the molecule is CC(=O)OCC(=O)N1CCC(n2cc(-c3ccnc(Nc4cnn(C)c4)n3)cn2)C1. The third-order valence-electron chi connectivity index (χ3n) is 4.80. The minimum absolute atomic E-state index is 0.0647. The molecule has 11 nitrogen and oxygen atoms in total. The summed E-state index contributed by atoms with van der Waals surface area (Å²) in [4.78, 5) is 33.5. The average Bonchev–Trinajstić information content (AvgIpc) is 3.47. The van der Waals surface area contributed by atoms with Gasteiger partial charge in [0, 0.05) is 51.2 Å². The van der Waals surface area contributed by atoms with Gasteiger partial charge in [0.2, 0.25) is 5.95 Å². The molecule has 0 spiro atoms. The second kappa shape index (κ2) is 8.31. The van der Waals surface area contributed by atoms with Crippen LogP contribution in [0, 0.1) is 0 Å². The first-order valence-corrected chi connectivity index (χ1v) is 9.52. The van der Waals surface area contributed by atoms with Crippen molar-refractivity contribution in [2.45, 2.75) is 19.4 Å². The van der Waals surface area contributed by atoms with Crippen molar-refractivity contribution in [1.29, 1.82) is 0 Å². The van der Waals surface area contributed by atoms with Crippen molar-refractivity contribution >= 4 is 23.5 Å². The normalized spacial score (nSPS) is 15.9. The quantitative estimate of drug-likeness (QED) is 0.601. The molecule has 30 heavy (non-hydrogen) atoms. The fraction of sp³-hybridized carbons (Fsp3) is 0.368. The Morgan fingerprint density at radius 2 is 2.13 bits per heavy atom. The maximum Gasteiger partial charge on any atom is 0.303 e. The van der Waals surface area contributed by atoms with E-state index in [2.05, 4.69) is 25.5 Å². The zero-order chi connectivity index (χ0) is 21.1. The van der Waals surface area contributed by atoms with Crippen molar-refractivity contribution in [3.05, 3.63) is 37.1 Å². The number of carbonyl (C=O) groups is 2. The largest absolute Gasteiger partial charge is 0.456 e. The summed E-state index contributed by atoms with van der Waals surface area (Å²) in [6.07, 6.45) is 9.67. The molecule has 156 valence electrons. The molecule has 0 aliphatic carbocycles. The van der Waals surface area contributed by atoms with E-state index in [4.69, 9.17) is 4.74 Å². The van der Waals surface area contributed by atoms with Crippen LogP contribution in [0.2, 0.25) is 0 Å².